The van der Waals surface area contributed by atoms with Crippen LogP contribution >= 0.6 is 0 Å². The topological polar surface area (TPSA) is 123 Å². The monoisotopic (exact) mass is 590 g/mol. The first kappa shape index (κ1) is 29.9. The van der Waals surface area contributed by atoms with Gasteiger partial charge in [0.1, 0.15) is 11.4 Å². The summed E-state index contributed by atoms with van der Waals surface area (Å²) in [6.45, 7) is 9.00. The summed E-state index contributed by atoms with van der Waals surface area (Å²) >= 11 is 0. The molecular weight excluding hydrogens is 552 g/mol. The molecule has 12 nitrogen and oxygen atoms in total. The third kappa shape index (κ3) is 6.73. The Hall–Kier alpha value is -4.61. The molecule has 0 aliphatic carbocycles. The van der Waals surface area contributed by atoms with Crippen molar-refractivity contribution in [1.82, 2.24) is 19.6 Å². The van der Waals surface area contributed by atoms with Gasteiger partial charge in [0.25, 0.3) is 11.6 Å². The maximum atomic E-state index is 14.0. The van der Waals surface area contributed by atoms with E-state index in [1.807, 2.05) is 49.9 Å². The Labute approximate surface area is 250 Å². The Morgan fingerprint density at radius 3 is 2.05 bits per heavy atom. The van der Waals surface area contributed by atoms with Gasteiger partial charge < -0.3 is 24.2 Å². The number of likely N-dealkylation sites (tertiary alicyclic amines) is 1. The van der Waals surface area contributed by atoms with Gasteiger partial charge in [0.15, 0.2) is 0 Å². The molecule has 0 unspecified atom stereocenters. The van der Waals surface area contributed by atoms with Crippen LogP contribution in [-0.2, 0) is 4.74 Å². The summed E-state index contributed by atoms with van der Waals surface area (Å²) < 4.78 is 12.6. The summed E-state index contributed by atoms with van der Waals surface area (Å²) in [5, 5.41) is 15.8. The van der Waals surface area contributed by atoms with Gasteiger partial charge in [-0.1, -0.05) is 0 Å². The second kappa shape index (κ2) is 12.3. The van der Waals surface area contributed by atoms with Gasteiger partial charge in [0.2, 0.25) is 0 Å². The molecule has 3 aromatic rings. The highest BCUT2D eigenvalue weighted by atomic mass is 16.6. The molecule has 2 amide bonds. The third-order valence-corrected chi connectivity index (χ3v) is 7.88. The fourth-order valence-electron chi connectivity index (χ4n) is 5.63. The second-order valence-corrected chi connectivity index (χ2v) is 11.8. The van der Waals surface area contributed by atoms with Crippen molar-refractivity contribution in [3.05, 3.63) is 76.1 Å². The number of nitro benzene ring substituents is 1. The molecule has 0 radical (unpaired) electrons. The number of piperidine rings is 1. The van der Waals surface area contributed by atoms with Gasteiger partial charge >= 0.3 is 6.09 Å². The van der Waals surface area contributed by atoms with E-state index in [1.54, 1.807) is 35.0 Å². The van der Waals surface area contributed by atoms with Crippen LogP contribution < -0.4 is 9.64 Å². The van der Waals surface area contributed by atoms with E-state index in [4.69, 9.17) is 9.47 Å². The van der Waals surface area contributed by atoms with E-state index in [2.05, 4.69) is 10.00 Å². The number of methoxy groups -OCH3 is 1. The number of anilines is 1. The number of rotatable bonds is 6. The largest absolute Gasteiger partial charge is 0.497 e. The lowest BCUT2D eigenvalue weighted by molar-refractivity contribution is -0.384. The number of carbonyl (C=O) groups excluding carboxylic acids is 2. The minimum absolute atomic E-state index is 0.0193. The lowest BCUT2D eigenvalue weighted by Crippen LogP contribution is -2.49. The van der Waals surface area contributed by atoms with E-state index in [0.29, 0.717) is 63.4 Å². The Morgan fingerprint density at radius 2 is 1.49 bits per heavy atom. The number of ether oxygens (including phenoxy) is 2. The smallest absolute Gasteiger partial charge is 0.410 e. The molecule has 2 aromatic carbocycles. The molecular formula is C31H38N6O6. The number of benzene rings is 2. The van der Waals surface area contributed by atoms with Crippen LogP contribution in [0.4, 0.5) is 16.2 Å². The number of hydrogen-bond donors (Lipinski definition) is 0. The summed E-state index contributed by atoms with van der Waals surface area (Å²) in [6.07, 6.45) is 2.52. The quantitative estimate of drug-likeness (QED) is 0.294. The van der Waals surface area contributed by atoms with Crippen LogP contribution in [-0.4, -0.2) is 88.5 Å². The van der Waals surface area contributed by atoms with Crippen molar-refractivity contribution < 1.29 is 24.0 Å². The number of piperazine rings is 1. The molecule has 0 spiro atoms. The molecule has 2 fully saturated rings. The Morgan fingerprint density at radius 1 is 0.884 bits per heavy atom. The lowest BCUT2D eigenvalue weighted by Gasteiger charge is -2.37. The highest BCUT2D eigenvalue weighted by Crippen LogP contribution is 2.34. The number of nitrogens with zero attached hydrogens (tertiary/aromatic N) is 6. The van der Waals surface area contributed by atoms with Gasteiger partial charge in [0, 0.05) is 63.0 Å². The molecule has 43 heavy (non-hydrogen) atoms. The summed E-state index contributed by atoms with van der Waals surface area (Å²) in [7, 11) is 1.64. The number of hydrogen-bond acceptors (Lipinski definition) is 8. The van der Waals surface area contributed by atoms with Gasteiger partial charge in [-0.05, 0) is 70.0 Å². The van der Waals surface area contributed by atoms with E-state index in [1.165, 1.54) is 12.1 Å². The van der Waals surface area contributed by atoms with Gasteiger partial charge in [-0.3, -0.25) is 14.9 Å². The molecule has 1 aromatic heterocycles. The molecule has 3 heterocycles. The van der Waals surface area contributed by atoms with Crippen molar-refractivity contribution in [3.63, 3.8) is 0 Å². The second-order valence-electron chi connectivity index (χ2n) is 11.8. The molecule has 12 heteroatoms. The van der Waals surface area contributed by atoms with Crippen LogP contribution in [0, 0.1) is 10.1 Å². The molecule has 0 bridgehead atoms. The first-order valence-electron chi connectivity index (χ1n) is 14.5. The molecule has 228 valence electrons. The first-order valence-corrected chi connectivity index (χ1v) is 14.5. The Kier molecular flexibility index (Phi) is 8.56. The summed E-state index contributed by atoms with van der Waals surface area (Å²) in [4.78, 5) is 43.2. The van der Waals surface area contributed by atoms with Crippen molar-refractivity contribution in [2.75, 3.05) is 51.3 Å². The standard InChI is InChI=1S/C31H38N6O6/c1-31(2,3)43-30(39)35-15-13-22(14-16-35)28-27(21-32-36(28)24-5-7-25(8-6-24)37(40)41)29(38)34-19-17-33(18-20-34)23-9-11-26(42-4)12-10-23/h5-12,21-22H,13-20H2,1-4H3. The van der Waals surface area contributed by atoms with Crippen LogP contribution in [0.25, 0.3) is 5.69 Å². The highest BCUT2D eigenvalue weighted by molar-refractivity contribution is 5.95. The molecule has 2 aliphatic heterocycles. The summed E-state index contributed by atoms with van der Waals surface area (Å²) in [6, 6.07) is 14.1. The minimum Gasteiger partial charge on any atom is -0.497 e. The fraction of sp³-hybridized carbons (Fsp3) is 0.452. The normalized spacial score (nSPS) is 16.2. The molecule has 0 saturated carbocycles. The number of aromatic nitrogens is 2. The van der Waals surface area contributed by atoms with E-state index < -0.39 is 10.5 Å². The average Bonchev–Trinajstić information content (AvgIpc) is 3.45. The van der Waals surface area contributed by atoms with Crippen LogP contribution in [0.2, 0.25) is 0 Å². The number of non-ortho nitro benzene ring substituents is 1. The Balaban J connectivity index is 1.36. The van der Waals surface area contributed by atoms with Crippen LogP contribution in [0.3, 0.4) is 0 Å². The molecule has 2 aliphatic rings. The minimum atomic E-state index is -0.584. The van der Waals surface area contributed by atoms with E-state index in [9.17, 15) is 19.7 Å². The van der Waals surface area contributed by atoms with Crippen molar-refractivity contribution in [1.29, 1.82) is 0 Å². The van der Waals surface area contributed by atoms with Crippen LogP contribution in [0.15, 0.2) is 54.7 Å². The highest BCUT2D eigenvalue weighted by Gasteiger charge is 2.34. The zero-order chi connectivity index (χ0) is 30.7. The maximum absolute atomic E-state index is 14.0. The molecule has 5 rings (SSSR count). The lowest BCUT2D eigenvalue weighted by atomic mass is 9.90. The van der Waals surface area contributed by atoms with Crippen molar-refractivity contribution >= 4 is 23.4 Å². The van der Waals surface area contributed by atoms with Gasteiger partial charge in [-0.15, -0.1) is 0 Å². The van der Waals surface area contributed by atoms with Crippen LogP contribution in [0.5, 0.6) is 5.75 Å². The van der Waals surface area contributed by atoms with Gasteiger partial charge in [0.05, 0.1) is 35.2 Å². The number of amides is 2. The van der Waals surface area contributed by atoms with Crippen molar-refractivity contribution in [2.24, 2.45) is 0 Å². The van der Waals surface area contributed by atoms with Crippen molar-refractivity contribution in [2.45, 2.75) is 45.1 Å². The van der Waals surface area contributed by atoms with E-state index >= 15 is 0 Å². The number of carbonyl (C=O) groups is 2. The number of nitro groups is 1. The molecule has 0 N–H and O–H groups in total. The average molecular weight is 591 g/mol. The van der Waals surface area contributed by atoms with Gasteiger partial charge in [-0.25, -0.2) is 9.48 Å². The summed E-state index contributed by atoms with van der Waals surface area (Å²) in [5.74, 6) is 0.662. The molecule has 0 atom stereocenters. The third-order valence-electron chi connectivity index (χ3n) is 7.88. The van der Waals surface area contributed by atoms with E-state index in [0.717, 1.165) is 17.1 Å². The zero-order valence-electron chi connectivity index (χ0n) is 25.1. The predicted molar refractivity (Wildman–Crippen MR) is 161 cm³/mol. The fourth-order valence-corrected chi connectivity index (χ4v) is 5.63. The Bertz CT molecular complexity index is 1450. The van der Waals surface area contributed by atoms with Crippen LogP contribution in [0.1, 0.15) is 55.6 Å². The zero-order valence-corrected chi connectivity index (χ0v) is 25.1. The van der Waals surface area contributed by atoms with E-state index in [-0.39, 0.29) is 23.6 Å². The molecule has 2 saturated heterocycles. The maximum Gasteiger partial charge on any atom is 0.410 e. The van der Waals surface area contributed by atoms with Gasteiger partial charge in [-0.2, -0.15) is 5.10 Å². The SMILES string of the molecule is COc1ccc(N2CCN(C(=O)c3cnn(-c4ccc([N+](=O)[O-])cc4)c3C3CCN(C(=O)OC(C)(C)C)CC3)CC2)cc1. The summed E-state index contributed by atoms with van der Waals surface area (Å²) in [5.41, 5.74) is 2.40. The predicted octanol–water partition coefficient (Wildman–Crippen LogP) is 4.87. The van der Waals surface area contributed by atoms with Crippen molar-refractivity contribution in [3.8, 4) is 11.4 Å². The first-order chi connectivity index (χ1) is 20.5.